The minimum absolute atomic E-state index is 0.0288. The molecule has 11 heteroatoms. The standard InChI is InChI=1S/C23H23N3O8/c1-31-18-10-14(19(26(29)30)21(33-3)20(18)32-2)22(27)25-8-7-17-15(11-25)13-9-12(23(28)34-4)5-6-16(13)24-17/h5-6,9-10,24H,7-8,11H2,1-4H3. The lowest BCUT2D eigenvalue weighted by Gasteiger charge is -2.27. The van der Waals surface area contributed by atoms with Crippen molar-refractivity contribution in [1.82, 2.24) is 9.88 Å². The van der Waals surface area contributed by atoms with Crippen molar-refractivity contribution in [3.8, 4) is 17.2 Å². The van der Waals surface area contributed by atoms with Gasteiger partial charge in [0.25, 0.3) is 5.91 Å². The molecule has 4 rings (SSSR count). The first-order valence-electron chi connectivity index (χ1n) is 10.3. The summed E-state index contributed by atoms with van der Waals surface area (Å²) in [5.74, 6) is -1.03. The SMILES string of the molecule is COC(=O)c1ccc2[nH]c3c(c2c1)CN(C(=O)c1cc(OC)c(OC)c(OC)c1[N+](=O)[O-])CC3. The number of aromatic amines is 1. The molecule has 11 nitrogen and oxygen atoms in total. The normalized spacial score (nSPS) is 12.8. The fourth-order valence-electron chi connectivity index (χ4n) is 4.29. The Hall–Kier alpha value is -4.28. The van der Waals surface area contributed by atoms with Crippen LogP contribution in [0.15, 0.2) is 24.3 Å². The zero-order chi connectivity index (χ0) is 24.6. The number of nitrogens with one attached hydrogen (secondary N) is 1. The van der Waals surface area contributed by atoms with Crippen molar-refractivity contribution in [2.24, 2.45) is 0 Å². The molecule has 0 fully saturated rings. The lowest BCUT2D eigenvalue weighted by atomic mass is 10.0. The van der Waals surface area contributed by atoms with E-state index >= 15 is 0 Å². The van der Waals surface area contributed by atoms with Gasteiger partial charge in [-0.05, 0) is 18.2 Å². The lowest BCUT2D eigenvalue weighted by molar-refractivity contribution is -0.386. The first-order chi connectivity index (χ1) is 16.3. The van der Waals surface area contributed by atoms with Crippen LogP contribution in [0.5, 0.6) is 17.2 Å². The third-order valence-corrected chi connectivity index (χ3v) is 5.90. The maximum absolute atomic E-state index is 13.5. The highest BCUT2D eigenvalue weighted by Crippen LogP contribution is 2.46. The third-order valence-electron chi connectivity index (χ3n) is 5.90. The second-order valence-corrected chi connectivity index (χ2v) is 7.61. The number of methoxy groups -OCH3 is 4. The number of ether oxygens (including phenoxy) is 4. The van der Waals surface area contributed by atoms with Crippen LogP contribution >= 0.6 is 0 Å². The molecular weight excluding hydrogens is 446 g/mol. The van der Waals surface area contributed by atoms with E-state index in [0.717, 1.165) is 22.2 Å². The van der Waals surface area contributed by atoms with E-state index in [1.54, 1.807) is 18.2 Å². The van der Waals surface area contributed by atoms with Crippen molar-refractivity contribution < 1.29 is 33.5 Å². The molecule has 1 aliphatic heterocycles. The monoisotopic (exact) mass is 469 g/mol. The van der Waals surface area contributed by atoms with Crippen LogP contribution in [-0.4, -0.2) is 61.7 Å². The number of esters is 1. The Morgan fingerprint density at radius 3 is 2.41 bits per heavy atom. The van der Waals surface area contributed by atoms with Crippen molar-refractivity contribution >= 4 is 28.5 Å². The number of carbonyl (C=O) groups excluding carboxylic acids is 2. The number of carbonyl (C=O) groups is 2. The maximum atomic E-state index is 13.5. The molecule has 0 bridgehead atoms. The number of fused-ring (bicyclic) bond motifs is 3. The minimum atomic E-state index is -0.669. The number of nitro groups is 1. The van der Waals surface area contributed by atoms with Crippen LogP contribution < -0.4 is 14.2 Å². The summed E-state index contributed by atoms with van der Waals surface area (Å²) in [7, 11) is 5.27. The van der Waals surface area contributed by atoms with Crippen LogP contribution in [0.1, 0.15) is 32.0 Å². The van der Waals surface area contributed by atoms with Crippen molar-refractivity contribution in [2.45, 2.75) is 13.0 Å². The summed E-state index contributed by atoms with van der Waals surface area (Å²) in [6.07, 6.45) is 0.515. The van der Waals surface area contributed by atoms with E-state index in [0.29, 0.717) is 18.5 Å². The third kappa shape index (κ3) is 3.64. The summed E-state index contributed by atoms with van der Waals surface area (Å²) in [6.45, 7) is 0.545. The Morgan fingerprint density at radius 2 is 1.79 bits per heavy atom. The molecule has 1 amide bonds. The molecule has 178 valence electrons. The zero-order valence-corrected chi connectivity index (χ0v) is 19.1. The maximum Gasteiger partial charge on any atom is 0.337 e. The zero-order valence-electron chi connectivity index (χ0n) is 19.1. The predicted molar refractivity (Wildman–Crippen MR) is 121 cm³/mol. The Bertz CT molecular complexity index is 1310. The van der Waals surface area contributed by atoms with E-state index in [1.165, 1.54) is 39.4 Å². The largest absolute Gasteiger partial charge is 0.493 e. The number of aromatic nitrogens is 1. The molecule has 0 saturated carbocycles. The molecule has 2 aromatic carbocycles. The smallest absolute Gasteiger partial charge is 0.337 e. The predicted octanol–water partition coefficient (Wildman–Crippen LogP) is 3.09. The van der Waals surface area contributed by atoms with E-state index in [-0.39, 0.29) is 29.4 Å². The van der Waals surface area contributed by atoms with Crippen LogP contribution in [-0.2, 0) is 17.7 Å². The van der Waals surface area contributed by atoms with Crippen molar-refractivity contribution in [1.29, 1.82) is 0 Å². The second-order valence-electron chi connectivity index (χ2n) is 7.61. The van der Waals surface area contributed by atoms with E-state index in [4.69, 9.17) is 18.9 Å². The van der Waals surface area contributed by atoms with Crippen LogP contribution in [0.3, 0.4) is 0 Å². The number of hydrogen-bond acceptors (Lipinski definition) is 8. The number of rotatable bonds is 6. The fourth-order valence-corrected chi connectivity index (χ4v) is 4.29. The highest BCUT2D eigenvalue weighted by molar-refractivity contribution is 6.01. The Kier molecular flexibility index (Phi) is 6.01. The molecule has 0 atom stereocenters. The highest BCUT2D eigenvalue weighted by atomic mass is 16.6. The summed E-state index contributed by atoms with van der Waals surface area (Å²) in [6, 6.07) is 6.46. The summed E-state index contributed by atoms with van der Waals surface area (Å²) in [5.41, 5.74) is 2.34. The van der Waals surface area contributed by atoms with Crippen LogP contribution in [0.25, 0.3) is 10.9 Å². The number of amides is 1. The average Bonchev–Trinajstić information content (AvgIpc) is 3.23. The molecule has 1 N–H and O–H groups in total. The first kappa shape index (κ1) is 22.9. The molecule has 1 aromatic heterocycles. The van der Waals surface area contributed by atoms with Crippen molar-refractivity contribution in [2.75, 3.05) is 35.0 Å². The van der Waals surface area contributed by atoms with E-state index in [1.807, 2.05) is 0 Å². The minimum Gasteiger partial charge on any atom is -0.493 e. The van der Waals surface area contributed by atoms with E-state index in [9.17, 15) is 19.7 Å². The quantitative estimate of drug-likeness (QED) is 0.331. The number of benzene rings is 2. The number of H-pyrrole nitrogens is 1. The molecule has 0 saturated heterocycles. The average molecular weight is 469 g/mol. The first-order valence-corrected chi connectivity index (χ1v) is 10.3. The molecule has 34 heavy (non-hydrogen) atoms. The van der Waals surface area contributed by atoms with E-state index < -0.39 is 22.5 Å². The van der Waals surface area contributed by atoms with Gasteiger partial charge in [0.05, 0.1) is 38.9 Å². The summed E-state index contributed by atoms with van der Waals surface area (Å²) in [4.78, 5) is 41.6. The van der Waals surface area contributed by atoms with Gasteiger partial charge in [-0.25, -0.2) is 4.79 Å². The molecule has 0 radical (unpaired) electrons. The summed E-state index contributed by atoms with van der Waals surface area (Å²) < 4.78 is 20.6. The Labute approximate surface area is 194 Å². The van der Waals surface area contributed by atoms with Gasteiger partial charge in [0, 0.05) is 47.7 Å². The van der Waals surface area contributed by atoms with Gasteiger partial charge in [-0.2, -0.15) is 0 Å². The topological polar surface area (TPSA) is 133 Å². The second kappa shape index (κ2) is 8.93. The molecule has 0 aliphatic carbocycles. The molecule has 3 aromatic rings. The Morgan fingerprint density at radius 1 is 1.06 bits per heavy atom. The van der Waals surface area contributed by atoms with Gasteiger partial charge in [0.1, 0.15) is 5.56 Å². The van der Waals surface area contributed by atoms with Gasteiger partial charge in [-0.1, -0.05) is 0 Å². The highest BCUT2D eigenvalue weighted by Gasteiger charge is 2.35. The number of nitrogens with zero attached hydrogens (tertiary/aromatic N) is 2. The summed E-state index contributed by atoms with van der Waals surface area (Å²) >= 11 is 0. The number of hydrogen-bond donors (Lipinski definition) is 1. The van der Waals surface area contributed by atoms with Gasteiger partial charge < -0.3 is 28.8 Å². The molecule has 0 spiro atoms. The summed E-state index contributed by atoms with van der Waals surface area (Å²) in [5, 5.41) is 12.7. The van der Waals surface area contributed by atoms with Crippen molar-refractivity contribution in [3.05, 3.63) is 56.8 Å². The van der Waals surface area contributed by atoms with Gasteiger partial charge >= 0.3 is 11.7 Å². The van der Waals surface area contributed by atoms with Gasteiger partial charge in [0.2, 0.25) is 11.5 Å². The fraction of sp³-hybridized carbons (Fsp3) is 0.304. The van der Waals surface area contributed by atoms with E-state index in [2.05, 4.69) is 4.98 Å². The molecular formula is C23H23N3O8. The Balaban J connectivity index is 1.78. The molecule has 2 heterocycles. The molecule has 0 unspecified atom stereocenters. The van der Waals surface area contributed by atoms with Gasteiger partial charge in [-0.15, -0.1) is 0 Å². The van der Waals surface area contributed by atoms with Crippen LogP contribution in [0.2, 0.25) is 0 Å². The number of nitro benzene ring substituents is 1. The van der Waals surface area contributed by atoms with Gasteiger partial charge in [-0.3, -0.25) is 14.9 Å². The lowest BCUT2D eigenvalue weighted by Crippen LogP contribution is -2.36. The van der Waals surface area contributed by atoms with Crippen molar-refractivity contribution in [3.63, 3.8) is 0 Å². The van der Waals surface area contributed by atoms with Crippen LogP contribution in [0.4, 0.5) is 5.69 Å². The molecule has 1 aliphatic rings. The van der Waals surface area contributed by atoms with Crippen LogP contribution in [0, 0.1) is 10.1 Å². The van der Waals surface area contributed by atoms with Gasteiger partial charge in [0.15, 0.2) is 5.75 Å².